The van der Waals surface area contributed by atoms with Gasteiger partial charge in [0.1, 0.15) is 28.9 Å². The summed E-state index contributed by atoms with van der Waals surface area (Å²) in [5.74, 6) is 1.30. The fourth-order valence-corrected chi connectivity index (χ4v) is 2.83. The minimum atomic E-state index is -0.545. The van der Waals surface area contributed by atoms with Crippen molar-refractivity contribution in [2.24, 2.45) is 0 Å². The van der Waals surface area contributed by atoms with Crippen LogP contribution in [0.15, 0.2) is 78.5 Å². The summed E-state index contributed by atoms with van der Waals surface area (Å²) in [7, 11) is 1.51. The van der Waals surface area contributed by atoms with E-state index in [1.165, 1.54) is 13.3 Å². The van der Waals surface area contributed by atoms with Crippen LogP contribution < -0.4 is 20.1 Å². The minimum Gasteiger partial charge on any atom is -0.495 e. The molecule has 0 atom stereocenters. The molecule has 31 heavy (non-hydrogen) atoms. The number of nitriles is 1. The highest BCUT2D eigenvalue weighted by molar-refractivity contribution is 6.31. The number of rotatable bonds is 7. The van der Waals surface area contributed by atoms with Crippen LogP contribution in [0.1, 0.15) is 5.56 Å². The molecule has 0 fully saturated rings. The number of hydrogen-bond acceptors (Lipinski definition) is 5. The van der Waals surface area contributed by atoms with Crippen molar-refractivity contribution in [3.63, 3.8) is 0 Å². The molecule has 3 aromatic carbocycles. The van der Waals surface area contributed by atoms with Gasteiger partial charge in [0.05, 0.1) is 12.8 Å². The Hall–Kier alpha value is -3.95. The molecule has 0 aliphatic rings. The molecule has 0 aromatic heterocycles. The Labute approximate surface area is 185 Å². The third-order valence-electron chi connectivity index (χ3n) is 4.31. The Morgan fingerprint density at radius 2 is 1.74 bits per heavy atom. The fraction of sp³-hybridized carbons (Fsp3) is 0.0833. The molecule has 0 spiro atoms. The second kappa shape index (κ2) is 10.2. The largest absolute Gasteiger partial charge is 0.495 e. The van der Waals surface area contributed by atoms with Crippen LogP contribution in [-0.4, -0.2) is 13.0 Å². The predicted octanol–water partition coefficient (Wildman–Crippen LogP) is 5.91. The van der Waals surface area contributed by atoms with Gasteiger partial charge < -0.3 is 20.1 Å². The molecule has 1 amide bonds. The van der Waals surface area contributed by atoms with Crippen LogP contribution in [0.25, 0.3) is 0 Å². The van der Waals surface area contributed by atoms with Crippen LogP contribution >= 0.6 is 11.6 Å². The van der Waals surface area contributed by atoms with E-state index in [9.17, 15) is 10.1 Å². The van der Waals surface area contributed by atoms with Gasteiger partial charge in [-0.15, -0.1) is 0 Å². The van der Waals surface area contributed by atoms with Crippen molar-refractivity contribution in [1.82, 2.24) is 0 Å². The maximum Gasteiger partial charge on any atom is 0.267 e. The summed E-state index contributed by atoms with van der Waals surface area (Å²) in [5.41, 5.74) is 1.86. The van der Waals surface area contributed by atoms with Gasteiger partial charge in [0.25, 0.3) is 5.91 Å². The summed E-state index contributed by atoms with van der Waals surface area (Å²) in [4.78, 5) is 12.5. The number of hydrogen-bond donors (Lipinski definition) is 2. The smallest absolute Gasteiger partial charge is 0.267 e. The lowest BCUT2D eigenvalue weighted by atomic mass is 10.2. The number of amides is 1. The molecule has 0 aliphatic carbocycles. The standard InChI is InChI=1S/C24H20ClN3O3/c1-16-12-22(23(30-2)13-21(16)25)27-15-17(14-26)24(29)28-18-8-10-20(11-9-18)31-19-6-4-3-5-7-19/h3-13,15,27H,1-2H3,(H,28,29)/b17-15-. The van der Waals surface area contributed by atoms with E-state index in [0.29, 0.717) is 33.6 Å². The van der Waals surface area contributed by atoms with Gasteiger partial charge in [0.15, 0.2) is 0 Å². The highest BCUT2D eigenvalue weighted by atomic mass is 35.5. The number of nitrogens with zero attached hydrogens (tertiary/aromatic N) is 1. The van der Waals surface area contributed by atoms with E-state index < -0.39 is 5.91 Å². The SMILES string of the molecule is COc1cc(Cl)c(C)cc1N/C=C(/C#N)C(=O)Nc1ccc(Oc2ccccc2)cc1. The van der Waals surface area contributed by atoms with Crippen molar-refractivity contribution in [2.75, 3.05) is 17.7 Å². The van der Waals surface area contributed by atoms with Crippen LogP contribution in [0.2, 0.25) is 5.02 Å². The van der Waals surface area contributed by atoms with Crippen molar-refractivity contribution in [1.29, 1.82) is 5.26 Å². The molecule has 3 aromatic rings. The fourth-order valence-electron chi connectivity index (χ4n) is 2.67. The number of nitrogens with one attached hydrogen (secondary N) is 2. The molecule has 3 rings (SSSR count). The van der Waals surface area contributed by atoms with Crippen LogP contribution in [0.5, 0.6) is 17.2 Å². The number of benzene rings is 3. The third-order valence-corrected chi connectivity index (χ3v) is 4.72. The number of para-hydroxylation sites is 1. The molecule has 0 unspecified atom stereocenters. The third kappa shape index (κ3) is 5.78. The maximum absolute atomic E-state index is 12.5. The molecule has 7 heteroatoms. The number of methoxy groups -OCH3 is 1. The zero-order valence-corrected chi connectivity index (χ0v) is 17.7. The number of anilines is 2. The lowest BCUT2D eigenvalue weighted by molar-refractivity contribution is -0.112. The van der Waals surface area contributed by atoms with Gasteiger partial charge in [-0.25, -0.2) is 0 Å². The summed E-state index contributed by atoms with van der Waals surface area (Å²) in [6, 6.07) is 21.6. The van der Waals surface area contributed by atoms with Gasteiger partial charge in [-0.3, -0.25) is 4.79 Å². The van der Waals surface area contributed by atoms with Crippen LogP contribution in [0, 0.1) is 18.3 Å². The Morgan fingerprint density at radius 3 is 2.39 bits per heavy atom. The molecule has 156 valence electrons. The van der Waals surface area contributed by atoms with Crippen LogP contribution in [-0.2, 0) is 4.79 Å². The first-order chi connectivity index (χ1) is 15.0. The Morgan fingerprint density at radius 1 is 1.06 bits per heavy atom. The summed E-state index contributed by atoms with van der Waals surface area (Å²) < 4.78 is 11.0. The van der Waals surface area contributed by atoms with Gasteiger partial charge in [-0.05, 0) is 55.0 Å². The van der Waals surface area contributed by atoms with Crippen molar-refractivity contribution in [2.45, 2.75) is 6.92 Å². The monoisotopic (exact) mass is 433 g/mol. The lowest BCUT2D eigenvalue weighted by Crippen LogP contribution is -2.14. The zero-order chi connectivity index (χ0) is 22.2. The maximum atomic E-state index is 12.5. The quantitative estimate of drug-likeness (QED) is 0.357. The molecule has 0 aliphatic heterocycles. The van der Waals surface area contributed by atoms with Crippen molar-refractivity contribution in [3.8, 4) is 23.3 Å². The summed E-state index contributed by atoms with van der Waals surface area (Å²) in [6.07, 6.45) is 1.33. The molecule has 2 N–H and O–H groups in total. The van der Waals surface area contributed by atoms with Gasteiger partial charge >= 0.3 is 0 Å². The van der Waals surface area contributed by atoms with E-state index in [1.807, 2.05) is 43.3 Å². The molecular weight excluding hydrogens is 414 g/mol. The van der Waals surface area contributed by atoms with E-state index >= 15 is 0 Å². The molecule has 6 nitrogen and oxygen atoms in total. The topological polar surface area (TPSA) is 83.4 Å². The first-order valence-corrected chi connectivity index (χ1v) is 9.73. The van der Waals surface area contributed by atoms with Crippen molar-refractivity contribution in [3.05, 3.63) is 89.1 Å². The number of aryl methyl sites for hydroxylation is 1. The molecule has 0 saturated heterocycles. The van der Waals surface area contributed by atoms with Crippen LogP contribution in [0.3, 0.4) is 0 Å². The summed E-state index contributed by atoms with van der Waals surface area (Å²) in [5, 5.41) is 15.6. The number of carbonyl (C=O) groups excluding carboxylic acids is 1. The van der Waals surface area contributed by atoms with E-state index in [2.05, 4.69) is 10.6 Å². The van der Waals surface area contributed by atoms with Gasteiger partial charge in [-0.2, -0.15) is 5.26 Å². The van der Waals surface area contributed by atoms with Crippen molar-refractivity contribution < 1.29 is 14.3 Å². The Bertz CT molecular complexity index is 1140. The minimum absolute atomic E-state index is 0.0979. The van der Waals surface area contributed by atoms with E-state index in [-0.39, 0.29) is 5.57 Å². The van der Waals surface area contributed by atoms with Crippen molar-refractivity contribution >= 4 is 28.9 Å². The van der Waals surface area contributed by atoms with E-state index in [4.69, 9.17) is 21.1 Å². The average Bonchev–Trinajstić information content (AvgIpc) is 2.78. The predicted molar refractivity (Wildman–Crippen MR) is 122 cm³/mol. The molecule has 0 radical (unpaired) electrons. The number of halogens is 1. The molecular formula is C24H20ClN3O3. The Kier molecular flexibility index (Phi) is 7.15. The number of carbonyl (C=O) groups is 1. The first-order valence-electron chi connectivity index (χ1n) is 9.35. The van der Waals surface area contributed by atoms with E-state index in [0.717, 1.165) is 5.56 Å². The summed E-state index contributed by atoms with van der Waals surface area (Å²) in [6.45, 7) is 1.85. The van der Waals surface area contributed by atoms with E-state index in [1.54, 1.807) is 36.4 Å². The van der Waals surface area contributed by atoms with Gasteiger partial charge in [0.2, 0.25) is 0 Å². The molecule has 0 heterocycles. The first kappa shape index (κ1) is 21.8. The molecule has 0 saturated carbocycles. The number of ether oxygens (including phenoxy) is 2. The van der Waals surface area contributed by atoms with Crippen LogP contribution in [0.4, 0.5) is 11.4 Å². The zero-order valence-electron chi connectivity index (χ0n) is 17.0. The Balaban J connectivity index is 1.67. The highest BCUT2D eigenvalue weighted by Gasteiger charge is 2.11. The molecule has 0 bridgehead atoms. The lowest BCUT2D eigenvalue weighted by Gasteiger charge is -2.11. The second-order valence-corrected chi connectivity index (χ2v) is 6.92. The van der Waals surface area contributed by atoms with Gasteiger partial charge in [-0.1, -0.05) is 29.8 Å². The average molecular weight is 434 g/mol. The second-order valence-electron chi connectivity index (χ2n) is 6.51. The van der Waals surface area contributed by atoms with Gasteiger partial charge in [0, 0.05) is 23.0 Å². The normalized spacial score (nSPS) is 10.7. The summed E-state index contributed by atoms with van der Waals surface area (Å²) >= 11 is 6.10. The highest BCUT2D eigenvalue weighted by Crippen LogP contribution is 2.31.